The Labute approximate surface area is 138 Å². The van der Waals surface area contributed by atoms with Crippen LogP contribution in [0.25, 0.3) is 0 Å². The van der Waals surface area contributed by atoms with Gasteiger partial charge in [-0.1, -0.05) is 11.6 Å². The summed E-state index contributed by atoms with van der Waals surface area (Å²) in [4.78, 5) is 14.8. The number of nitrogens with one attached hydrogen (secondary N) is 1. The molecule has 0 radical (unpaired) electrons. The maximum absolute atomic E-state index is 12.3. The van der Waals surface area contributed by atoms with E-state index in [-0.39, 0.29) is 19.9 Å². The minimum absolute atomic E-state index is 0.00601. The Morgan fingerprint density at radius 2 is 2.14 bits per heavy atom. The summed E-state index contributed by atoms with van der Waals surface area (Å²) in [5, 5.41) is 8.97. The third-order valence-corrected chi connectivity index (χ3v) is 6.20. The van der Waals surface area contributed by atoms with Crippen molar-refractivity contribution < 1.29 is 18.3 Å². The van der Waals surface area contributed by atoms with E-state index >= 15 is 0 Å². The van der Waals surface area contributed by atoms with Crippen LogP contribution in [0.15, 0.2) is 27.0 Å². The molecule has 2 aromatic heterocycles. The highest BCUT2D eigenvalue weighted by atomic mass is 79.9. The standard InChI is InChI=1S/C11H8BrClN2O4S2/c1-5-2-8(20-9(5)11(16)17)21(18,19)15-7-3-6(12)4-14-10(7)13/h2-4,15H,1H3,(H,16,17). The number of sulfonamides is 1. The quantitative estimate of drug-likeness (QED) is 0.752. The van der Waals surface area contributed by atoms with Gasteiger partial charge in [-0.15, -0.1) is 11.3 Å². The Morgan fingerprint density at radius 1 is 1.48 bits per heavy atom. The third kappa shape index (κ3) is 3.54. The van der Waals surface area contributed by atoms with Gasteiger partial charge < -0.3 is 5.11 Å². The van der Waals surface area contributed by atoms with E-state index in [0.29, 0.717) is 21.4 Å². The van der Waals surface area contributed by atoms with E-state index in [0.717, 1.165) is 0 Å². The van der Waals surface area contributed by atoms with Gasteiger partial charge in [0, 0.05) is 10.7 Å². The van der Waals surface area contributed by atoms with Crippen LogP contribution in [0.2, 0.25) is 5.15 Å². The second-order valence-corrected chi connectivity index (χ2v) is 8.22. The van der Waals surface area contributed by atoms with Gasteiger partial charge >= 0.3 is 5.97 Å². The van der Waals surface area contributed by atoms with Crippen LogP contribution in [0.3, 0.4) is 0 Å². The molecule has 10 heteroatoms. The van der Waals surface area contributed by atoms with Crippen LogP contribution in [0, 0.1) is 6.92 Å². The first-order valence-corrected chi connectivity index (χ1v) is 8.85. The van der Waals surface area contributed by atoms with Gasteiger partial charge in [0.15, 0.2) is 5.15 Å². The molecule has 112 valence electrons. The SMILES string of the molecule is Cc1cc(S(=O)(=O)Nc2cc(Br)cnc2Cl)sc1C(=O)O. The minimum Gasteiger partial charge on any atom is -0.477 e. The Balaban J connectivity index is 2.41. The molecular weight excluding hydrogens is 404 g/mol. The number of carbonyl (C=O) groups is 1. The normalized spacial score (nSPS) is 11.4. The number of anilines is 1. The number of carboxylic acids is 1. The predicted octanol–water partition coefficient (Wildman–Crippen LogP) is 3.37. The first-order chi connectivity index (χ1) is 9.70. The molecule has 6 nitrogen and oxygen atoms in total. The number of nitrogens with zero attached hydrogens (tertiary/aromatic N) is 1. The van der Waals surface area contributed by atoms with E-state index in [9.17, 15) is 13.2 Å². The molecule has 0 spiro atoms. The number of aromatic nitrogens is 1. The second-order valence-electron chi connectivity index (χ2n) is 3.98. The van der Waals surface area contributed by atoms with Crippen molar-refractivity contribution in [2.45, 2.75) is 11.1 Å². The van der Waals surface area contributed by atoms with Crippen molar-refractivity contribution in [1.29, 1.82) is 0 Å². The zero-order chi connectivity index (χ0) is 15.8. The molecule has 2 aromatic rings. The summed E-state index contributed by atoms with van der Waals surface area (Å²) < 4.78 is 27.3. The molecule has 0 atom stereocenters. The molecule has 0 amide bonds. The smallest absolute Gasteiger partial charge is 0.346 e. The summed E-state index contributed by atoms with van der Waals surface area (Å²) in [6, 6.07) is 2.77. The van der Waals surface area contributed by atoms with Crippen molar-refractivity contribution in [2.75, 3.05) is 4.72 Å². The van der Waals surface area contributed by atoms with Crippen LogP contribution in [-0.4, -0.2) is 24.5 Å². The summed E-state index contributed by atoms with van der Waals surface area (Å²) in [7, 11) is -3.93. The van der Waals surface area contributed by atoms with Crippen molar-refractivity contribution in [3.8, 4) is 0 Å². The molecule has 21 heavy (non-hydrogen) atoms. The zero-order valence-corrected chi connectivity index (χ0v) is 14.4. The Bertz CT molecular complexity index is 820. The van der Waals surface area contributed by atoms with E-state index in [1.165, 1.54) is 25.3 Å². The number of thiophene rings is 1. The van der Waals surface area contributed by atoms with Crippen molar-refractivity contribution in [2.24, 2.45) is 0 Å². The highest BCUT2D eigenvalue weighted by Crippen LogP contribution is 2.30. The Hall–Kier alpha value is -1.16. The molecule has 2 rings (SSSR count). The van der Waals surface area contributed by atoms with Crippen molar-refractivity contribution in [3.63, 3.8) is 0 Å². The van der Waals surface area contributed by atoms with E-state index in [4.69, 9.17) is 16.7 Å². The molecule has 0 aliphatic carbocycles. The zero-order valence-electron chi connectivity index (χ0n) is 10.4. The molecule has 0 fully saturated rings. The van der Waals surface area contributed by atoms with Crippen molar-refractivity contribution >= 4 is 60.5 Å². The van der Waals surface area contributed by atoms with Gasteiger partial charge in [-0.05, 0) is 40.5 Å². The number of carboxylic acid groups (broad SMARTS) is 1. The first-order valence-electron chi connectivity index (χ1n) is 5.38. The van der Waals surface area contributed by atoms with Gasteiger partial charge in [-0.25, -0.2) is 18.2 Å². The number of rotatable bonds is 4. The number of pyridine rings is 1. The van der Waals surface area contributed by atoms with E-state index in [2.05, 4.69) is 25.6 Å². The molecule has 0 unspecified atom stereocenters. The van der Waals surface area contributed by atoms with E-state index in [1.807, 2.05) is 0 Å². The number of hydrogen-bond acceptors (Lipinski definition) is 5. The van der Waals surface area contributed by atoms with Gasteiger partial charge in [0.2, 0.25) is 0 Å². The summed E-state index contributed by atoms with van der Waals surface area (Å²) in [5.41, 5.74) is 0.486. The monoisotopic (exact) mass is 410 g/mol. The molecule has 0 saturated carbocycles. The number of aryl methyl sites for hydroxylation is 1. The van der Waals surface area contributed by atoms with Crippen LogP contribution in [-0.2, 0) is 10.0 Å². The molecule has 0 aromatic carbocycles. The van der Waals surface area contributed by atoms with Crippen LogP contribution in [0.1, 0.15) is 15.2 Å². The fourth-order valence-corrected chi connectivity index (χ4v) is 4.46. The highest BCUT2D eigenvalue weighted by Gasteiger charge is 2.22. The summed E-state index contributed by atoms with van der Waals surface area (Å²) >= 11 is 9.67. The molecule has 0 saturated heterocycles. The van der Waals surface area contributed by atoms with E-state index < -0.39 is 16.0 Å². The van der Waals surface area contributed by atoms with Gasteiger partial charge in [-0.2, -0.15) is 0 Å². The van der Waals surface area contributed by atoms with Gasteiger partial charge in [0.05, 0.1) is 5.69 Å². The maximum Gasteiger partial charge on any atom is 0.346 e. The molecule has 2 heterocycles. The lowest BCUT2D eigenvalue weighted by Gasteiger charge is -2.07. The fourth-order valence-electron chi connectivity index (χ4n) is 1.49. The second kappa shape index (κ2) is 5.91. The maximum atomic E-state index is 12.3. The molecule has 0 aliphatic rings. The van der Waals surface area contributed by atoms with Gasteiger partial charge in [0.25, 0.3) is 10.0 Å². The summed E-state index contributed by atoms with van der Waals surface area (Å²) in [6.07, 6.45) is 1.43. The Kier molecular flexibility index (Phi) is 4.57. The molecule has 2 N–H and O–H groups in total. The van der Waals surface area contributed by atoms with Crippen LogP contribution < -0.4 is 4.72 Å². The van der Waals surface area contributed by atoms with Crippen molar-refractivity contribution in [1.82, 2.24) is 4.98 Å². The fraction of sp³-hybridized carbons (Fsp3) is 0.0909. The Morgan fingerprint density at radius 3 is 2.71 bits per heavy atom. The number of aromatic carboxylic acids is 1. The molecule has 0 bridgehead atoms. The predicted molar refractivity (Wildman–Crippen MR) is 83.8 cm³/mol. The van der Waals surface area contributed by atoms with Crippen molar-refractivity contribution in [3.05, 3.63) is 38.4 Å². The lowest BCUT2D eigenvalue weighted by atomic mass is 10.3. The first kappa shape index (κ1) is 16.2. The van der Waals surface area contributed by atoms with Crippen LogP contribution in [0.5, 0.6) is 0 Å². The average Bonchev–Trinajstić information content (AvgIpc) is 2.77. The average molecular weight is 412 g/mol. The lowest BCUT2D eigenvalue weighted by molar-refractivity contribution is 0.0701. The summed E-state index contributed by atoms with van der Waals surface area (Å²) in [5.74, 6) is -1.17. The van der Waals surface area contributed by atoms with Crippen LogP contribution >= 0.6 is 38.9 Å². The largest absolute Gasteiger partial charge is 0.477 e. The topological polar surface area (TPSA) is 96.4 Å². The molecular formula is C11H8BrClN2O4S2. The highest BCUT2D eigenvalue weighted by molar-refractivity contribution is 9.10. The summed E-state index contributed by atoms with van der Waals surface area (Å²) in [6.45, 7) is 1.53. The third-order valence-electron chi connectivity index (χ3n) is 2.40. The molecule has 0 aliphatic heterocycles. The lowest BCUT2D eigenvalue weighted by Crippen LogP contribution is -2.12. The number of hydrogen-bond donors (Lipinski definition) is 2. The van der Waals surface area contributed by atoms with Crippen LogP contribution in [0.4, 0.5) is 5.69 Å². The number of halogens is 2. The van der Waals surface area contributed by atoms with Gasteiger partial charge in [-0.3, -0.25) is 4.72 Å². The van der Waals surface area contributed by atoms with E-state index in [1.54, 1.807) is 0 Å². The van der Waals surface area contributed by atoms with Gasteiger partial charge in [0.1, 0.15) is 9.09 Å². The minimum atomic E-state index is -3.93.